The third kappa shape index (κ3) is 8.19. The van der Waals surface area contributed by atoms with Gasteiger partial charge in [-0.15, -0.1) is 24.0 Å². The molecule has 0 aromatic rings. The Kier molecular flexibility index (Phi) is 10.8. The van der Waals surface area contributed by atoms with E-state index in [4.69, 9.17) is 0 Å². The number of carbonyl (C=O) groups excluding carboxylic acids is 1. The smallest absolute Gasteiger partial charge is 0.222 e. The fourth-order valence-corrected chi connectivity index (χ4v) is 2.17. The van der Waals surface area contributed by atoms with Crippen molar-refractivity contribution in [2.75, 3.05) is 46.8 Å². The Labute approximate surface area is 158 Å². The molecule has 23 heavy (non-hydrogen) atoms. The van der Waals surface area contributed by atoms with Crippen molar-refractivity contribution in [1.29, 1.82) is 0 Å². The minimum absolute atomic E-state index is 0. The van der Waals surface area contributed by atoms with Gasteiger partial charge in [0.2, 0.25) is 5.91 Å². The minimum atomic E-state index is 0. The average molecular weight is 439 g/mol. The van der Waals surface area contributed by atoms with Gasteiger partial charge in [0.15, 0.2) is 5.96 Å². The zero-order valence-electron chi connectivity index (χ0n) is 15.3. The fourth-order valence-electron chi connectivity index (χ4n) is 2.17. The third-order valence-electron chi connectivity index (χ3n) is 4.25. The number of nitrogens with zero attached hydrogens (tertiary/aromatic N) is 3. The van der Waals surface area contributed by atoms with Gasteiger partial charge in [-0.2, -0.15) is 0 Å². The number of likely N-dealkylation sites (N-methyl/N-ethyl adjacent to an activating group) is 1. The van der Waals surface area contributed by atoms with Crippen molar-refractivity contribution >= 4 is 35.8 Å². The number of amides is 1. The van der Waals surface area contributed by atoms with Crippen LogP contribution in [0.25, 0.3) is 0 Å². The van der Waals surface area contributed by atoms with Gasteiger partial charge in [-0.1, -0.05) is 0 Å². The Bertz CT molecular complexity index is 385. The molecule has 1 rings (SSSR count). The van der Waals surface area contributed by atoms with Crippen molar-refractivity contribution in [3.63, 3.8) is 0 Å². The van der Waals surface area contributed by atoms with Crippen LogP contribution in [0.1, 0.15) is 40.0 Å². The van der Waals surface area contributed by atoms with E-state index in [2.05, 4.69) is 55.4 Å². The van der Waals surface area contributed by atoms with Crippen molar-refractivity contribution in [2.24, 2.45) is 4.99 Å². The first-order chi connectivity index (χ1) is 10.4. The van der Waals surface area contributed by atoms with Crippen LogP contribution in [0.5, 0.6) is 0 Å². The van der Waals surface area contributed by atoms with Gasteiger partial charge in [0.05, 0.1) is 6.54 Å². The van der Waals surface area contributed by atoms with E-state index in [1.165, 1.54) is 0 Å². The Balaban J connectivity index is 0.00000484. The second kappa shape index (κ2) is 11.1. The molecule has 0 radical (unpaired) electrons. The minimum Gasteiger partial charge on any atom is -0.357 e. The maximum Gasteiger partial charge on any atom is 0.222 e. The fraction of sp³-hybridized carbons (Fsp3) is 0.875. The highest BCUT2D eigenvalue weighted by atomic mass is 127. The first kappa shape index (κ1) is 22.4. The van der Waals surface area contributed by atoms with Gasteiger partial charge in [-0.3, -0.25) is 9.79 Å². The number of rotatable bonds is 8. The molecule has 1 fully saturated rings. The van der Waals surface area contributed by atoms with Crippen molar-refractivity contribution in [2.45, 2.75) is 45.6 Å². The van der Waals surface area contributed by atoms with Gasteiger partial charge in [0.25, 0.3) is 0 Å². The molecule has 0 unspecified atom stereocenters. The Morgan fingerprint density at radius 1 is 1.35 bits per heavy atom. The largest absolute Gasteiger partial charge is 0.357 e. The van der Waals surface area contributed by atoms with Gasteiger partial charge in [-0.25, -0.2) is 0 Å². The number of guanidine groups is 1. The molecule has 0 bridgehead atoms. The van der Waals surface area contributed by atoms with E-state index < -0.39 is 0 Å². The Morgan fingerprint density at radius 2 is 2.04 bits per heavy atom. The van der Waals surface area contributed by atoms with Crippen molar-refractivity contribution in [1.82, 2.24) is 20.4 Å². The van der Waals surface area contributed by atoms with Gasteiger partial charge in [0.1, 0.15) is 0 Å². The molecule has 136 valence electrons. The highest BCUT2D eigenvalue weighted by molar-refractivity contribution is 14.0. The highest BCUT2D eigenvalue weighted by Gasteiger charge is 2.20. The molecule has 0 aromatic heterocycles. The van der Waals surface area contributed by atoms with Crippen LogP contribution in [-0.4, -0.2) is 74.0 Å². The van der Waals surface area contributed by atoms with Crippen molar-refractivity contribution in [3.05, 3.63) is 0 Å². The summed E-state index contributed by atoms with van der Waals surface area (Å²) in [7, 11) is 4.14. The summed E-state index contributed by atoms with van der Waals surface area (Å²) in [5.74, 6) is 1.15. The molecule has 1 saturated heterocycles. The van der Waals surface area contributed by atoms with Gasteiger partial charge >= 0.3 is 0 Å². The summed E-state index contributed by atoms with van der Waals surface area (Å²) < 4.78 is 0. The molecule has 0 spiro atoms. The standard InChI is InChI=1S/C16H33N5O.HI/c1-6-17-15(19-13-16(2,3)20(4)5)18-10-8-12-21-11-7-9-14(21)22;/h6-13H2,1-5H3,(H2,17,18,19);1H. The summed E-state index contributed by atoms with van der Waals surface area (Å²) in [6.07, 6.45) is 2.68. The second-order valence-electron chi connectivity index (χ2n) is 6.67. The summed E-state index contributed by atoms with van der Waals surface area (Å²) in [6.45, 7) is 10.6. The number of halogens is 1. The van der Waals surface area contributed by atoms with Crippen molar-refractivity contribution < 1.29 is 4.79 Å². The van der Waals surface area contributed by atoms with E-state index in [-0.39, 0.29) is 29.5 Å². The summed E-state index contributed by atoms with van der Waals surface area (Å²) in [5.41, 5.74) is 0.0321. The van der Waals surface area contributed by atoms with Crippen LogP contribution in [0, 0.1) is 0 Å². The lowest BCUT2D eigenvalue weighted by Crippen LogP contribution is -2.44. The highest BCUT2D eigenvalue weighted by Crippen LogP contribution is 2.10. The molecular weight excluding hydrogens is 405 g/mol. The van der Waals surface area contributed by atoms with Crippen LogP contribution >= 0.6 is 24.0 Å². The summed E-state index contributed by atoms with van der Waals surface area (Å²) in [6, 6.07) is 0. The summed E-state index contributed by atoms with van der Waals surface area (Å²) >= 11 is 0. The molecule has 1 aliphatic rings. The van der Waals surface area contributed by atoms with E-state index in [0.717, 1.165) is 57.9 Å². The van der Waals surface area contributed by atoms with Gasteiger partial charge in [0, 0.05) is 38.1 Å². The molecule has 6 nitrogen and oxygen atoms in total. The summed E-state index contributed by atoms with van der Waals surface area (Å²) in [4.78, 5) is 20.3. The third-order valence-corrected chi connectivity index (χ3v) is 4.25. The molecule has 1 aliphatic heterocycles. The second-order valence-corrected chi connectivity index (χ2v) is 6.67. The number of aliphatic imine (C=N–C) groups is 1. The number of nitrogens with one attached hydrogen (secondary N) is 2. The quantitative estimate of drug-likeness (QED) is 0.261. The number of hydrogen-bond acceptors (Lipinski definition) is 3. The first-order valence-electron chi connectivity index (χ1n) is 8.34. The van der Waals surface area contributed by atoms with Crippen LogP contribution in [0.2, 0.25) is 0 Å². The molecular formula is C16H34IN5O. The molecule has 0 aromatic carbocycles. The number of likely N-dealkylation sites (tertiary alicyclic amines) is 1. The number of carbonyl (C=O) groups is 1. The topological polar surface area (TPSA) is 60.0 Å². The van der Waals surface area contributed by atoms with Crippen LogP contribution in [0.3, 0.4) is 0 Å². The summed E-state index contributed by atoms with van der Waals surface area (Å²) in [5, 5.41) is 6.62. The maximum atomic E-state index is 11.5. The molecule has 0 atom stereocenters. The molecule has 7 heteroatoms. The molecule has 0 saturated carbocycles. The van der Waals surface area contributed by atoms with E-state index in [1.54, 1.807) is 0 Å². The van der Waals surface area contributed by atoms with E-state index in [9.17, 15) is 4.79 Å². The lowest BCUT2D eigenvalue weighted by atomic mass is 10.1. The first-order valence-corrected chi connectivity index (χ1v) is 8.34. The van der Waals surface area contributed by atoms with Crippen LogP contribution in [-0.2, 0) is 4.79 Å². The predicted octanol–water partition coefficient (Wildman–Crippen LogP) is 1.51. The molecule has 2 N–H and O–H groups in total. The van der Waals surface area contributed by atoms with E-state index in [0.29, 0.717) is 5.91 Å². The maximum absolute atomic E-state index is 11.5. The zero-order chi connectivity index (χ0) is 16.6. The van der Waals surface area contributed by atoms with Gasteiger partial charge < -0.3 is 20.4 Å². The lowest BCUT2D eigenvalue weighted by Gasteiger charge is -2.31. The Morgan fingerprint density at radius 3 is 2.57 bits per heavy atom. The predicted molar refractivity (Wildman–Crippen MR) is 108 cm³/mol. The van der Waals surface area contributed by atoms with Gasteiger partial charge in [-0.05, 0) is 47.7 Å². The SMILES string of the molecule is CCNC(=NCC(C)(C)N(C)C)NCCCN1CCCC1=O.I. The normalized spacial score (nSPS) is 15.8. The molecule has 1 heterocycles. The lowest BCUT2D eigenvalue weighted by molar-refractivity contribution is -0.127. The average Bonchev–Trinajstić information content (AvgIpc) is 2.86. The van der Waals surface area contributed by atoms with E-state index in [1.807, 2.05) is 4.90 Å². The Hall–Kier alpha value is -0.570. The van der Waals surface area contributed by atoms with Crippen molar-refractivity contribution in [3.8, 4) is 0 Å². The molecule has 1 amide bonds. The van der Waals surface area contributed by atoms with Crippen LogP contribution < -0.4 is 10.6 Å². The van der Waals surface area contributed by atoms with Crippen LogP contribution in [0.4, 0.5) is 0 Å². The number of hydrogen-bond donors (Lipinski definition) is 2. The van der Waals surface area contributed by atoms with Crippen LogP contribution in [0.15, 0.2) is 4.99 Å². The monoisotopic (exact) mass is 439 g/mol. The molecule has 0 aliphatic carbocycles. The zero-order valence-corrected chi connectivity index (χ0v) is 17.6. The van der Waals surface area contributed by atoms with E-state index >= 15 is 0 Å².